The second-order valence-electron chi connectivity index (χ2n) is 6.40. The summed E-state index contributed by atoms with van der Waals surface area (Å²) in [6.07, 6.45) is 0. The van der Waals surface area contributed by atoms with E-state index in [0.29, 0.717) is 24.3 Å². The fourth-order valence-corrected chi connectivity index (χ4v) is 1.89. The minimum absolute atomic E-state index is 0.113. The largest absolute Gasteiger partial charge is 0.481 e. The maximum atomic E-state index is 11.6. The number of hydrogen-bond donors (Lipinski definition) is 3. The second kappa shape index (κ2) is 7.36. The van der Waals surface area contributed by atoms with Gasteiger partial charge in [0.2, 0.25) is 0 Å². The number of rotatable bonds is 7. The molecule has 0 aromatic rings. The van der Waals surface area contributed by atoms with E-state index in [0.717, 1.165) is 0 Å². The van der Waals surface area contributed by atoms with Crippen LogP contribution in [0.3, 0.4) is 0 Å². The Morgan fingerprint density at radius 2 is 1.53 bits per heavy atom. The SMILES string of the molecule is CC(C)C(CNC(=O)NCC(C)(C)C(=O)O)C(C)C. The molecule has 0 aliphatic rings. The monoisotopic (exact) mass is 272 g/mol. The van der Waals surface area contributed by atoms with Crippen LogP contribution in [0.5, 0.6) is 0 Å². The van der Waals surface area contributed by atoms with Gasteiger partial charge in [0.05, 0.1) is 5.41 Å². The predicted octanol–water partition coefficient (Wildman–Crippen LogP) is 2.32. The summed E-state index contributed by atoms with van der Waals surface area (Å²) in [5.41, 5.74) is -0.952. The van der Waals surface area contributed by atoms with E-state index in [1.807, 2.05) is 0 Å². The van der Waals surface area contributed by atoms with Crippen LogP contribution >= 0.6 is 0 Å². The molecule has 0 unspecified atom stereocenters. The average Bonchev–Trinajstić information content (AvgIpc) is 2.25. The highest BCUT2D eigenvalue weighted by Crippen LogP contribution is 2.19. The topological polar surface area (TPSA) is 78.4 Å². The Morgan fingerprint density at radius 1 is 1.05 bits per heavy atom. The number of carboxylic acids is 1. The highest BCUT2D eigenvalue weighted by molar-refractivity contribution is 5.77. The van der Waals surface area contributed by atoms with Crippen LogP contribution in [-0.2, 0) is 4.79 Å². The fourth-order valence-electron chi connectivity index (χ4n) is 1.89. The number of aliphatic carboxylic acids is 1. The maximum absolute atomic E-state index is 11.6. The van der Waals surface area contributed by atoms with E-state index in [4.69, 9.17) is 5.11 Å². The first-order valence-electron chi connectivity index (χ1n) is 6.83. The number of carboxylic acid groups (broad SMARTS) is 1. The van der Waals surface area contributed by atoms with Crippen LogP contribution in [0.4, 0.5) is 4.79 Å². The van der Waals surface area contributed by atoms with Crippen molar-refractivity contribution in [2.75, 3.05) is 13.1 Å². The van der Waals surface area contributed by atoms with Crippen molar-refractivity contribution < 1.29 is 14.7 Å². The molecular weight excluding hydrogens is 244 g/mol. The Kier molecular flexibility index (Phi) is 6.87. The van der Waals surface area contributed by atoms with E-state index in [9.17, 15) is 9.59 Å². The van der Waals surface area contributed by atoms with E-state index < -0.39 is 11.4 Å². The lowest BCUT2D eigenvalue weighted by Crippen LogP contribution is -2.45. The molecule has 0 atom stereocenters. The van der Waals surface area contributed by atoms with Crippen molar-refractivity contribution in [2.24, 2.45) is 23.2 Å². The van der Waals surface area contributed by atoms with E-state index >= 15 is 0 Å². The smallest absolute Gasteiger partial charge is 0.314 e. The molecule has 19 heavy (non-hydrogen) atoms. The first kappa shape index (κ1) is 17.7. The van der Waals surface area contributed by atoms with Crippen LogP contribution in [0, 0.1) is 23.2 Å². The summed E-state index contributed by atoms with van der Waals surface area (Å²) in [5, 5.41) is 14.4. The summed E-state index contributed by atoms with van der Waals surface area (Å²) in [7, 11) is 0. The number of carbonyl (C=O) groups is 2. The van der Waals surface area contributed by atoms with Crippen molar-refractivity contribution in [3.05, 3.63) is 0 Å². The molecule has 0 aromatic carbocycles. The summed E-state index contributed by atoms with van der Waals surface area (Å²) in [6.45, 7) is 12.4. The van der Waals surface area contributed by atoms with Gasteiger partial charge >= 0.3 is 12.0 Å². The number of hydrogen-bond acceptors (Lipinski definition) is 2. The molecule has 2 amide bonds. The van der Waals surface area contributed by atoms with Crippen molar-refractivity contribution in [3.63, 3.8) is 0 Å². The van der Waals surface area contributed by atoms with Gasteiger partial charge in [-0.25, -0.2) is 4.79 Å². The molecule has 0 aliphatic carbocycles. The van der Waals surface area contributed by atoms with Crippen LogP contribution in [0.25, 0.3) is 0 Å². The van der Waals surface area contributed by atoms with E-state index in [1.54, 1.807) is 13.8 Å². The Bertz CT molecular complexity index is 304. The van der Waals surface area contributed by atoms with Gasteiger partial charge in [-0.05, 0) is 31.6 Å². The molecule has 0 rings (SSSR count). The van der Waals surface area contributed by atoms with E-state index in [2.05, 4.69) is 38.3 Å². The van der Waals surface area contributed by atoms with E-state index in [1.165, 1.54) is 0 Å². The lowest BCUT2D eigenvalue weighted by Gasteiger charge is -2.25. The van der Waals surface area contributed by atoms with Crippen molar-refractivity contribution in [1.82, 2.24) is 10.6 Å². The van der Waals surface area contributed by atoms with Gasteiger partial charge in [0.1, 0.15) is 0 Å². The van der Waals surface area contributed by atoms with Crippen molar-refractivity contribution in [2.45, 2.75) is 41.5 Å². The lowest BCUT2D eigenvalue weighted by molar-refractivity contribution is -0.146. The maximum Gasteiger partial charge on any atom is 0.314 e. The molecule has 0 aliphatic heterocycles. The van der Waals surface area contributed by atoms with Crippen LogP contribution in [0.15, 0.2) is 0 Å². The molecule has 5 nitrogen and oxygen atoms in total. The summed E-state index contributed by atoms with van der Waals surface area (Å²) in [4.78, 5) is 22.6. The van der Waals surface area contributed by atoms with Gasteiger partial charge < -0.3 is 15.7 Å². The van der Waals surface area contributed by atoms with Crippen molar-refractivity contribution in [3.8, 4) is 0 Å². The zero-order valence-electron chi connectivity index (χ0n) is 12.9. The molecule has 3 N–H and O–H groups in total. The van der Waals surface area contributed by atoms with Crippen LogP contribution < -0.4 is 10.6 Å². The molecule has 0 saturated carbocycles. The molecule has 0 bridgehead atoms. The van der Waals surface area contributed by atoms with Gasteiger partial charge in [0.25, 0.3) is 0 Å². The van der Waals surface area contributed by atoms with Crippen LogP contribution in [0.2, 0.25) is 0 Å². The molecule has 0 aromatic heterocycles. The van der Waals surface area contributed by atoms with Crippen LogP contribution in [-0.4, -0.2) is 30.2 Å². The summed E-state index contributed by atoms with van der Waals surface area (Å²) >= 11 is 0. The molecular formula is C14H28N2O3. The van der Waals surface area contributed by atoms with Crippen molar-refractivity contribution >= 4 is 12.0 Å². The Hall–Kier alpha value is -1.26. The normalized spacial score (nSPS) is 12.1. The molecule has 0 fully saturated rings. The second-order valence-corrected chi connectivity index (χ2v) is 6.40. The van der Waals surface area contributed by atoms with Crippen molar-refractivity contribution in [1.29, 1.82) is 0 Å². The zero-order chi connectivity index (χ0) is 15.2. The molecule has 112 valence electrons. The molecule has 0 saturated heterocycles. The van der Waals surface area contributed by atoms with Gasteiger partial charge in [0.15, 0.2) is 0 Å². The Labute approximate surface area is 116 Å². The lowest BCUT2D eigenvalue weighted by atomic mass is 9.85. The van der Waals surface area contributed by atoms with E-state index in [-0.39, 0.29) is 12.6 Å². The van der Waals surface area contributed by atoms with Gasteiger partial charge in [-0.1, -0.05) is 27.7 Å². The predicted molar refractivity (Wildman–Crippen MR) is 76.0 cm³/mol. The average molecular weight is 272 g/mol. The molecule has 0 heterocycles. The third-order valence-electron chi connectivity index (χ3n) is 3.48. The van der Waals surface area contributed by atoms with Crippen LogP contribution in [0.1, 0.15) is 41.5 Å². The highest BCUT2D eigenvalue weighted by Gasteiger charge is 2.27. The number of nitrogens with one attached hydrogen (secondary N) is 2. The molecule has 0 radical (unpaired) electrons. The number of amides is 2. The summed E-state index contributed by atoms with van der Waals surface area (Å²) < 4.78 is 0. The third kappa shape index (κ3) is 6.45. The minimum atomic E-state index is -0.952. The van der Waals surface area contributed by atoms with Gasteiger partial charge in [-0.2, -0.15) is 0 Å². The fraction of sp³-hybridized carbons (Fsp3) is 0.857. The minimum Gasteiger partial charge on any atom is -0.481 e. The Balaban J connectivity index is 4.16. The zero-order valence-corrected chi connectivity index (χ0v) is 12.9. The third-order valence-corrected chi connectivity index (χ3v) is 3.48. The van der Waals surface area contributed by atoms with Gasteiger partial charge in [0, 0.05) is 13.1 Å². The quantitative estimate of drug-likeness (QED) is 0.665. The highest BCUT2D eigenvalue weighted by atomic mass is 16.4. The Morgan fingerprint density at radius 3 is 1.89 bits per heavy atom. The standard InChI is InChI=1S/C14H28N2O3/c1-9(2)11(10(3)4)7-15-13(19)16-8-14(5,6)12(17)18/h9-11H,7-8H2,1-6H3,(H,17,18)(H2,15,16,19). The van der Waals surface area contributed by atoms with Gasteiger partial charge in [-0.15, -0.1) is 0 Å². The van der Waals surface area contributed by atoms with Gasteiger partial charge in [-0.3, -0.25) is 4.79 Å². The summed E-state index contributed by atoms with van der Waals surface area (Å²) in [5.74, 6) is 0.486. The first-order chi connectivity index (χ1) is 8.58. The first-order valence-corrected chi connectivity index (χ1v) is 6.83. The number of urea groups is 1. The summed E-state index contributed by atoms with van der Waals surface area (Å²) in [6, 6.07) is -0.305. The number of carbonyl (C=O) groups excluding carboxylic acids is 1. The molecule has 0 spiro atoms. The molecule has 5 heteroatoms.